The van der Waals surface area contributed by atoms with Gasteiger partial charge in [0, 0.05) is 0 Å². The van der Waals surface area contributed by atoms with Crippen LogP contribution in [-0.4, -0.2) is 34.2 Å². The first kappa shape index (κ1) is 9.15. The first-order valence-corrected chi connectivity index (χ1v) is 3.75. The quantitative estimate of drug-likeness (QED) is 0.703. The summed E-state index contributed by atoms with van der Waals surface area (Å²) in [4.78, 5) is 5.91. The van der Waals surface area contributed by atoms with Crippen LogP contribution in [-0.2, 0) is 6.54 Å². The van der Waals surface area contributed by atoms with Gasteiger partial charge in [0.2, 0.25) is 0 Å². The van der Waals surface area contributed by atoms with Crippen molar-refractivity contribution in [3.8, 4) is 0 Å². The molecular formula is C7H13N3O2. The van der Waals surface area contributed by atoms with E-state index in [1.54, 1.807) is 6.92 Å². The van der Waals surface area contributed by atoms with Crippen LogP contribution in [0.5, 0.6) is 0 Å². The molecule has 0 bridgehead atoms. The van der Waals surface area contributed by atoms with Gasteiger partial charge in [-0.15, -0.1) is 0 Å². The lowest BCUT2D eigenvalue weighted by Gasteiger charge is -2.03. The maximum Gasteiger partial charge on any atom is 0.255 e. The minimum absolute atomic E-state index is 0.270. The number of hydrogen-bond acceptors (Lipinski definition) is 5. The van der Waals surface area contributed by atoms with Gasteiger partial charge in [0.25, 0.3) is 5.89 Å². The largest absolute Gasteiger partial charge is 0.384 e. The number of aliphatic hydroxyl groups is 1. The number of rotatable bonds is 3. The van der Waals surface area contributed by atoms with Crippen molar-refractivity contribution in [3.05, 3.63) is 11.7 Å². The van der Waals surface area contributed by atoms with E-state index in [1.807, 2.05) is 19.0 Å². The van der Waals surface area contributed by atoms with E-state index in [4.69, 9.17) is 9.63 Å². The third-order valence-corrected chi connectivity index (χ3v) is 1.30. The highest BCUT2D eigenvalue weighted by Crippen LogP contribution is 2.08. The van der Waals surface area contributed by atoms with E-state index in [1.165, 1.54) is 0 Å². The van der Waals surface area contributed by atoms with Crippen LogP contribution in [0.4, 0.5) is 0 Å². The highest BCUT2D eigenvalue weighted by atomic mass is 16.5. The molecule has 0 aromatic carbocycles. The summed E-state index contributed by atoms with van der Waals surface area (Å²) in [6, 6.07) is 0. The molecule has 0 aliphatic heterocycles. The highest BCUT2D eigenvalue weighted by molar-refractivity contribution is 4.87. The van der Waals surface area contributed by atoms with Crippen LogP contribution >= 0.6 is 0 Å². The van der Waals surface area contributed by atoms with E-state index in [-0.39, 0.29) is 5.89 Å². The van der Waals surface area contributed by atoms with Crippen molar-refractivity contribution < 1.29 is 9.63 Å². The Hall–Kier alpha value is -0.940. The zero-order chi connectivity index (χ0) is 9.14. The molecule has 0 saturated heterocycles. The first-order chi connectivity index (χ1) is 5.59. The molecule has 5 heteroatoms. The zero-order valence-electron chi connectivity index (χ0n) is 7.48. The van der Waals surface area contributed by atoms with Gasteiger partial charge in [-0.25, -0.2) is 0 Å². The van der Waals surface area contributed by atoms with Crippen molar-refractivity contribution in [2.45, 2.75) is 19.6 Å². The summed E-state index contributed by atoms with van der Waals surface area (Å²) in [5.41, 5.74) is 0. The lowest BCUT2D eigenvalue weighted by atomic mass is 10.4. The second-order valence-corrected chi connectivity index (χ2v) is 2.96. The molecule has 1 aromatic rings. The molecule has 0 saturated carbocycles. The lowest BCUT2D eigenvalue weighted by Crippen LogP contribution is -2.11. The molecule has 12 heavy (non-hydrogen) atoms. The monoisotopic (exact) mass is 171 g/mol. The van der Waals surface area contributed by atoms with Gasteiger partial charge in [0.15, 0.2) is 5.82 Å². The summed E-state index contributed by atoms with van der Waals surface area (Å²) in [5, 5.41) is 12.8. The molecule has 0 aliphatic rings. The minimum Gasteiger partial charge on any atom is -0.384 e. The Morgan fingerprint density at radius 2 is 2.25 bits per heavy atom. The second kappa shape index (κ2) is 3.64. The van der Waals surface area contributed by atoms with E-state index in [9.17, 15) is 0 Å². The average molecular weight is 171 g/mol. The fourth-order valence-corrected chi connectivity index (χ4v) is 0.784. The Kier molecular flexibility index (Phi) is 2.78. The SMILES string of the molecule is CC(O)c1nc(CN(C)C)no1. The van der Waals surface area contributed by atoms with Gasteiger partial charge >= 0.3 is 0 Å². The minimum atomic E-state index is -0.687. The Labute approximate surface area is 71.0 Å². The maximum absolute atomic E-state index is 9.06. The molecule has 0 spiro atoms. The van der Waals surface area contributed by atoms with E-state index in [2.05, 4.69) is 10.1 Å². The van der Waals surface area contributed by atoms with Crippen LogP contribution in [0, 0.1) is 0 Å². The molecule has 5 nitrogen and oxygen atoms in total. The third kappa shape index (κ3) is 2.28. The van der Waals surface area contributed by atoms with Crippen LogP contribution in [0.15, 0.2) is 4.52 Å². The van der Waals surface area contributed by atoms with Gasteiger partial charge < -0.3 is 14.5 Å². The van der Waals surface area contributed by atoms with Crippen LogP contribution in [0.25, 0.3) is 0 Å². The van der Waals surface area contributed by atoms with Gasteiger partial charge in [-0.1, -0.05) is 5.16 Å². The average Bonchev–Trinajstić information content (AvgIpc) is 2.34. The van der Waals surface area contributed by atoms with Crippen molar-refractivity contribution in [3.63, 3.8) is 0 Å². The Balaban J connectivity index is 2.64. The number of aliphatic hydroxyl groups excluding tert-OH is 1. The van der Waals surface area contributed by atoms with Crippen molar-refractivity contribution in [2.24, 2.45) is 0 Å². The van der Waals surface area contributed by atoms with E-state index in [0.29, 0.717) is 12.4 Å². The fraction of sp³-hybridized carbons (Fsp3) is 0.714. The van der Waals surface area contributed by atoms with Gasteiger partial charge in [-0.2, -0.15) is 4.98 Å². The molecule has 68 valence electrons. The van der Waals surface area contributed by atoms with Crippen molar-refractivity contribution >= 4 is 0 Å². The summed E-state index contributed by atoms with van der Waals surface area (Å²) in [6.07, 6.45) is -0.687. The normalized spacial score (nSPS) is 13.8. The van der Waals surface area contributed by atoms with E-state index in [0.717, 1.165) is 0 Å². The molecule has 0 aliphatic carbocycles. The van der Waals surface area contributed by atoms with Crippen molar-refractivity contribution in [1.29, 1.82) is 0 Å². The second-order valence-electron chi connectivity index (χ2n) is 2.96. The van der Waals surface area contributed by atoms with Gasteiger partial charge in [0.05, 0.1) is 6.54 Å². The molecule has 0 amide bonds. The third-order valence-electron chi connectivity index (χ3n) is 1.30. The van der Waals surface area contributed by atoms with E-state index < -0.39 is 6.10 Å². The molecule has 1 unspecified atom stereocenters. The number of nitrogens with zero attached hydrogens (tertiary/aromatic N) is 3. The predicted octanol–water partition coefficient (Wildman–Crippen LogP) is 0.184. The standard InChI is InChI=1S/C7H13N3O2/c1-5(11)7-8-6(9-12-7)4-10(2)3/h5,11H,4H2,1-3H3. The topological polar surface area (TPSA) is 62.4 Å². The highest BCUT2D eigenvalue weighted by Gasteiger charge is 2.10. The Morgan fingerprint density at radius 1 is 1.58 bits per heavy atom. The summed E-state index contributed by atoms with van der Waals surface area (Å²) in [5.74, 6) is 0.864. The van der Waals surface area contributed by atoms with Gasteiger partial charge in [-0.3, -0.25) is 0 Å². The van der Waals surface area contributed by atoms with Crippen LogP contribution in [0.1, 0.15) is 24.7 Å². The maximum atomic E-state index is 9.06. The molecule has 1 aromatic heterocycles. The summed E-state index contributed by atoms with van der Waals surface area (Å²) in [6.45, 7) is 2.21. The molecule has 1 rings (SSSR count). The number of hydrogen-bond donors (Lipinski definition) is 1. The van der Waals surface area contributed by atoms with Crippen LogP contribution in [0.2, 0.25) is 0 Å². The van der Waals surface area contributed by atoms with E-state index >= 15 is 0 Å². The molecule has 1 atom stereocenters. The Morgan fingerprint density at radius 3 is 2.67 bits per heavy atom. The molecule has 1 heterocycles. The summed E-state index contributed by atoms with van der Waals surface area (Å²) in [7, 11) is 3.83. The summed E-state index contributed by atoms with van der Waals surface area (Å²) >= 11 is 0. The lowest BCUT2D eigenvalue weighted by molar-refractivity contribution is 0.151. The smallest absolute Gasteiger partial charge is 0.255 e. The molecule has 0 radical (unpaired) electrons. The predicted molar refractivity (Wildman–Crippen MR) is 42.3 cm³/mol. The van der Waals surface area contributed by atoms with Gasteiger partial charge in [-0.05, 0) is 21.0 Å². The van der Waals surface area contributed by atoms with Gasteiger partial charge in [0.1, 0.15) is 6.10 Å². The zero-order valence-corrected chi connectivity index (χ0v) is 7.48. The summed E-state index contributed by atoms with van der Waals surface area (Å²) < 4.78 is 4.79. The van der Waals surface area contributed by atoms with Crippen molar-refractivity contribution in [2.75, 3.05) is 14.1 Å². The first-order valence-electron chi connectivity index (χ1n) is 3.75. The molecule has 1 N–H and O–H groups in total. The molecular weight excluding hydrogens is 158 g/mol. The fourth-order valence-electron chi connectivity index (χ4n) is 0.784. The van der Waals surface area contributed by atoms with Crippen LogP contribution < -0.4 is 0 Å². The van der Waals surface area contributed by atoms with Crippen molar-refractivity contribution in [1.82, 2.24) is 15.0 Å². The number of aromatic nitrogens is 2. The molecule has 0 fully saturated rings. The Bertz CT molecular complexity index is 245. The van der Waals surface area contributed by atoms with Crippen LogP contribution in [0.3, 0.4) is 0 Å².